The summed E-state index contributed by atoms with van der Waals surface area (Å²) in [6.07, 6.45) is -4.59. The molecule has 0 aliphatic heterocycles. The van der Waals surface area contributed by atoms with E-state index in [1.807, 2.05) is 20.8 Å². The van der Waals surface area contributed by atoms with E-state index in [4.69, 9.17) is 0 Å². The van der Waals surface area contributed by atoms with Gasteiger partial charge in [-0.1, -0.05) is 20.8 Å². The number of aromatic nitrogens is 2. The molecule has 1 heterocycles. The van der Waals surface area contributed by atoms with E-state index in [0.717, 1.165) is 0 Å². The van der Waals surface area contributed by atoms with Crippen LogP contribution in [0, 0.1) is 6.92 Å². The molecule has 6 heteroatoms. The van der Waals surface area contributed by atoms with E-state index in [1.165, 1.54) is 20.8 Å². The van der Waals surface area contributed by atoms with E-state index in [2.05, 4.69) is 9.97 Å². The highest BCUT2D eigenvalue weighted by Gasteiger charge is 2.41. The maximum Gasteiger partial charge on any atom is 0.420 e. The van der Waals surface area contributed by atoms with Crippen LogP contribution in [0.3, 0.4) is 0 Å². The van der Waals surface area contributed by atoms with Gasteiger partial charge < -0.3 is 5.11 Å². The first-order valence-electron chi connectivity index (χ1n) is 5.93. The maximum atomic E-state index is 13.1. The molecule has 1 N–H and O–H groups in total. The minimum atomic E-state index is -4.59. The smallest absolute Gasteiger partial charge is 0.384 e. The predicted octanol–water partition coefficient (Wildman–Crippen LogP) is 3.33. The Kier molecular flexibility index (Phi) is 3.71. The number of hydrogen-bond donors (Lipinski definition) is 1. The molecule has 0 amide bonds. The molecule has 0 fully saturated rings. The summed E-state index contributed by atoms with van der Waals surface area (Å²) in [6, 6.07) is 0. The zero-order valence-corrected chi connectivity index (χ0v) is 12.0. The molecule has 108 valence electrons. The Bertz CT molecular complexity index is 482. The van der Waals surface area contributed by atoms with E-state index in [-0.39, 0.29) is 17.2 Å². The van der Waals surface area contributed by atoms with E-state index < -0.39 is 22.8 Å². The highest BCUT2D eigenvalue weighted by atomic mass is 19.4. The summed E-state index contributed by atoms with van der Waals surface area (Å²) in [5, 5.41) is 9.96. The van der Waals surface area contributed by atoms with E-state index >= 15 is 0 Å². The van der Waals surface area contributed by atoms with Crippen LogP contribution in [0.4, 0.5) is 13.2 Å². The Morgan fingerprint density at radius 3 is 1.74 bits per heavy atom. The van der Waals surface area contributed by atoms with Crippen LogP contribution in [0.2, 0.25) is 0 Å². The zero-order chi connectivity index (χ0) is 15.2. The lowest BCUT2D eigenvalue weighted by Gasteiger charge is -2.26. The van der Waals surface area contributed by atoms with Crippen LogP contribution in [0.15, 0.2) is 0 Å². The Labute approximate surface area is 110 Å². The molecular weight excluding hydrogens is 257 g/mol. The summed E-state index contributed by atoms with van der Waals surface area (Å²) in [4.78, 5) is 7.90. The number of aryl methyl sites for hydroxylation is 1. The molecule has 0 aliphatic rings. The number of hydrogen-bond acceptors (Lipinski definition) is 3. The lowest BCUT2D eigenvalue weighted by Crippen LogP contribution is -2.29. The molecule has 0 saturated carbocycles. The highest BCUT2D eigenvalue weighted by Crippen LogP contribution is 2.38. The van der Waals surface area contributed by atoms with Gasteiger partial charge in [-0.25, -0.2) is 9.97 Å². The molecule has 0 unspecified atom stereocenters. The fraction of sp³-hybridized carbons (Fsp3) is 0.692. The second kappa shape index (κ2) is 4.44. The molecule has 0 aliphatic carbocycles. The second-order valence-electron chi connectivity index (χ2n) is 6.16. The molecule has 19 heavy (non-hydrogen) atoms. The third kappa shape index (κ3) is 3.43. The van der Waals surface area contributed by atoms with Crippen molar-refractivity contribution in [3.8, 4) is 0 Å². The number of aliphatic hydroxyl groups is 1. The lowest BCUT2D eigenvalue weighted by molar-refractivity contribution is -0.141. The van der Waals surface area contributed by atoms with Crippen LogP contribution < -0.4 is 0 Å². The van der Waals surface area contributed by atoms with Crippen molar-refractivity contribution >= 4 is 0 Å². The van der Waals surface area contributed by atoms with Gasteiger partial charge in [0, 0.05) is 5.41 Å². The van der Waals surface area contributed by atoms with Gasteiger partial charge in [0.15, 0.2) is 0 Å². The summed E-state index contributed by atoms with van der Waals surface area (Å²) in [7, 11) is 0. The topological polar surface area (TPSA) is 46.0 Å². The molecule has 1 aromatic rings. The van der Waals surface area contributed by atoms with Crippen molar-refractivity contribution in [2.75, 3.05) is 0 Å². The zero-order valence-electron chi connectivity index (χ0n) is 12.0. The van der Waals surface area contributed by atoms with Crippen molar-refractivity contribution in [2.45, 2.75) is 58.7 Å². The summed E-state index contributed by atoms with van der Waals surface area (Å²) in [5.41, 5.74) is -3.66. The Hall–Kier alpha value is -1.17. The lowest BCUT2D eigenvalue weighted by atomic mass is 9.92. The van der Waals surface area contributed by atoms with Crippen LogP contribution in [-0.4, -0.2) is 15.1 Å². The molecule has 0 atom stereocenters. The van der Waals surface area contributed by atoms with Gasteiger partial charge in [0.25, 0.3) is 0 Å². The van der Waals surface area contributed by atoms with Gasteiger partial charge in [-0.15, -0.1) is 0 Å². The monoisotopic (exact) mass is 276 g/mol. The average Bonchev–Trinajstić information content (AvgIpc) is 2.11. The largest absolute Gasteiger partial charge is 0.420 e. The Morgan fingerprint density at radius 2 is 1.42 bits per heavy atom. The second-order valence-corrected chi connectivity index (χ2v) is 6.16. The number of nitrogens with zero attached hydrogens (tertiary/aromatic N) is 2. The first-order chi connectivity index (χ1) is 8.24. The minimum Gasteiger partial charge on any atom is -0.384 e. The molecule has 0 spiro atoms. The van der Waals surface area contributed by atoms with Gasteiger partial charge >= 0.3 is 6.18 Å². The summed E-state index contributed by atoms with van der Waals surface area (Å²) >= 11 is 0. The molecule has 0 bridgehead atoms. The standard InChI is InChI=1S/C13H19F3N2O/c1-7-8(13(14,15)16)9(12(5,6)19)18-10(17-7)11(2,3)4/h19H,1-6H3. The minimum absolute atomic E-state index is 0.162. The molecule has 0 radical (unpaired) electrons. The number of halogens is 3. The maximum absolute atomic E-state index is 13.1. The summed E-state index contributed by atoms with van der Waals surface area (Å²) in [6.45, 7) is 9.29. The first kappa shape index (κ1) is 15.9. The molecular formula is C13H19F3N2O. The quantitative estimate of drug-likeness (QED) is 0.855. The average molecular weight is 276 g/mol. The van der Waals surface area contributed by atoms with Gasteiger partial charge in [0.2, 0.25) is 0 Å². The van der Waals surface area contributed by atoms with Crippen molar-refractivity contribution in [3.63, 3.8) is 0 Å². The van der Waals surface area contributed by atoms with Gasteiger partial charge in [-0.05, 0) is 20.8 Å². The normalized spacial score (nSPS) is 13.8. The fourth-order valence-corrected chi connectivity index (χ4v) is 1.69. The SMILES string of the molecule is Cc1nc(C(C)(C)C)nc(C(C)(C)O)c1C(F)(F)F. The van der Waals surface area contributed by atoms with Crippen molar-refractivity contribution in [1.29, 1.82) is 0 Å². The van der Waals surface area contributed by atoms with Gasteiger partial charge in [0.05, 0.1) is 11.4 Å². The van der Waals surface area contributed by atoms with E-state index in [0.29, 0.717) is 0 Å². The van der Waals surface area contributed by atoms with Crippen LogP contribution in [0.1, 0.15) is 57.4 Å². The third-order valence-corrected chi connectivity index (χ3v) is 2.62. The van der Waals surface area contributed by atoms with Crippen molar-refractivity contribution in [1.82, 2.24) is 9.97 Å². The van der Waals surface area contributed by atoms with Crippen LogP contribution in [0.5, 0.6) is 0 Å². The highest BCUT2D eigenvalue weighted by molar-refractivity contribution is 5.32. The molecule has 3 nitrogen and oxygen atoms in total. The number of alkyl halides is 3. The molecule has 0 aromatic carbocycles. The van der Waals surface area contributed by atoms with Crippen LogP contribution >= 0.6 is 0 Å². The third-order valence-electron chi connectivity index (χ3n) is 2.62. The summed E-state index contributed by atoms with van der Waals surface area (Å²) in [5.74, 6) is 0.287. The Balaban J connectivity index is 3.68. The van der Waals surface area contributed by atoms with Gasteiger partial charge in [-0.2, -0.15) is 13.2 Å². The van der Waals surface area contributed by atoms with Crippen LogP contribution in [-0.2, 0) is 17.2 Å². The van der Waals surface area contributed by atoms with Crippen molar-refractivity contribution in [3.05, 3.63) is 22.8 Å². The Morgan fingerprint density at radius 1 is 0.947 bits per heavy atom. The summed E-state index contributed by atoms with van der Waals surface area (Å²) < 4.78 is 39.2. The van der Waals surface area contributed by atoms with Gasteiger partial charge in [0.1, 0.15) is 17.0 Å². The van der Waals surface area contributed by atoms with Crippen LogP contribution in [0.25, 0.3) is 0 Å². The van der Waals surface area contributed by atoms with Crippen molar-refractivity contribution in [2.24, 2.45) is 0 Å². The van der Waals surface area contributed by atoms with E-state index in [1.54, 1.807) is 0 Å². The fourth-order valence-electron chi connectivity index (χ4n) is 1.69. The number of rotatable bonds is 1. The first-order valence-corrected chi connectivity index (χ1v) is 5.93. The molecule has 1 aromatic heterocycles. The molecule has 0 saturated heterocycles. The molecule has 1 rings (SSSR count). The predicted molar refractivity (Wildman–Crippen MR) is 65.7 cm³/mol. The van der Waals surface area contributed by atoms with Gasteiger partial charge in [-0.3, -0.25) is 0 Å². The van der Waals surface area contributed by atoms with Crippen molar-refractivity contribution < 1.29 is 18.3 Å². The van der Waals surface area contributed by atoms with E-state index in [9.17, 15) is 18.3 Å².